The molecule has 0 radical (unpaired) electrons. The van der Waals surface area contributed by atoms with Gasteiger partial charge in [0, 0.05) is 45.7 Å². The van der Waals surface area contributed by atoms with Gasteiger partial charge in [-0.2, -0.15) is 0 Å². The van der Waals surface area contributed by atoms with Crippen LogP contribution in [0.5, 0.6) is 0 Å². The first-order valence-electron chi connectivity index (χ1n) is 11.4. The molecule has 0 saturated carbocycles. The van der Waals surface area contributed by atoms with Crippen molar-refractivity contribution in [3.63, 3.8) is 0 Å². The molecule has 31 heavy (non-hydrogen) atoms. The number of aromatic amines is 1. The zero-order valence-corrected chi connectivity index (χ0v) is 18.9. The molecule has 0 bridgehead atoms. The number of ketones is 1. The number of amides is 2. The molecule has 0 atom stereocenters. The zero-order chi connectivity index (χ0) is 22.0. The summed E-state index contributed by atoms with van der Waals surface area (Å²) >= 11 is 0. The van der Waals surface area contributed by atoms with E-state index in [-0.39, 0.29) is 17.7 Å². The number of rotatable bonds is 5. The average Bonchev–Trinajstić information content (AvgIpc) is 3.02. The number of nitrogens with one attached hydrogen (secondary N) is 1. The van der Waals surface area contributed by atoms with Gasteiger partial charge in [-0.15, -0.1) is 0 Å². The van der Waals surface area contributed by atoms with Crippen LogP contribution < -0.4 is 0 Å². The number of aromatic nitrogens is 1. The van der Waals surface area contributed by atoms with Crippen molar-refractivity contribution in [2.45, 2.75) is 51.4 Å². The standard InChI is InChI=1S/C26H33N3O2/c1-18-12-24(27-15-18)25(30)14-21-11-10-20(22-16-28(2)26(31)29(3)17-22)13-23(21)19-8-6-4-5-7-9-19/h8,10-13,15,22,27H,4-7,9,14,16-17H2,1-3H3. The Hall–Kier alpha value is -2.82. The summed E-state index contributed by atoms with van der Waals surface area (Å²) in [6.07, 6.45) is 10.5. The fourth-order valence-electron chi connectivity index (χ4n) is 4.87. The second-order valence-electron chi connectivity index (χ2n) is 9.18. The summed E-state index contributed by atoms with van der Waals surface area (Å²) in [7, 11) is 3.73. The number of urea groups is 1. The van der Waals surface area contributed by atoms with Crippen molar-refractivity contribution in [2.24, 2.45) is 0 Å². The molecule has 0 unspecified atom stereocenters. The van der Waals surface area contributed by atoms with E-state index in [2.05, 4.69) is 29.3 Å². The predicted octanol–water partition coefficient (Wildman–Crippen LogP) is 5.18. The Morgan fingerprint density at radius 1 is 1.10 bits per heavy atom. The largest absolute Gasteiger partial charge is 0.359 e. The molecule has 5 heteroatoms. The molecule has 1 aliphatic carbocycles. The van der Waals surface area contributed by atoms with Gasteiger partial charge in [0.15, 0.2) is 5.78 Å². The summed E-state index contributed by atoms with van der Waals surface area (Å²) < 4.78 is 0. The van der Waals surface area contributed by atoms with Crippen LogP contribution in [0.25, 0.3) is 5.57 Å². The van der Waals surface area contributed by atoms with E-state index < -0.39 is 0 Å². The molecule has 1 fully saturated rings. The first-order chi connectivity index (χ1) is 14.9. The first kappa shape index (κ1) is 21.4. The molecule has 1 N–H and O–H groups in total. The van der Waals surface area contributed by atoms with Crippen LogP contribution in [0.4, 0.5) is 4.79 Å². The highest BCUT2D eigenvalue weighted by molar-refractivity contribution is 5.96. The second-order valence-corrected chi connectivity index (χ2v) is 9.18. The SMILES string of the molecule is Cc1c[nH]c(C(=O)Cc2ccc(C3CN(C)C(=O)N(C)C3)cc2C2=CCCCCC2)c1. The quantitative estimate of drug-likeness (QED) is 0.679. The van der Waals surface area contributed by atoms with Crippen molar-refractivity contribution in [1.82, 2.24) is 14.8 Å². The number of hydrogen-bond donors (Lipinski definition) is 1. The maximum atomic E-state index is 12.9. The summed E-state index contributed by atoms with van der Waals surface area (Å²) in [5.74, 6) is 0.396. The minimum Gasteiger partial charge on any atom is -0.359 e. The highest BCUT2D eigenvalue weighted by Crippen LogP contribution is 2.33. The number of carbonyl (C=O) groups excluding carboxylic acids is 2. The molecule has 5 nitrogen and oxygen atoms in total. The van der Waals surface area contributed by atoms with Crippen LogP contribution in [0.15, 0.2) is 36.5 Å². The van der Waals surface area contributed by atoms with E-state index in [0.29, 0.717) is 12.1 Å². The van der Waals surface area contributed by atoms with Crippen molar-refractivity contribution < 1.29 is 9.59 Å². The van der Waals surface area contributed by atoms with Crippen molar-refractivity contribution in [3.8, 4) is 0 Å². The Morgan fingerprint density at radius 2 is 1.87 bits per heavy atom. The third kappa shape index (κ3) is 4.76. The Kier molecular flexibility index (Phi) is 6.30. The van der Waals surface area contributed by atoms with Gasteiger partial charge < -0.3 is 14.8 Å². The van der Waals surface area contributed by atoms with Gasteiger partial charge in [0.2, 0.25) is 0 Å². The normalized spacial score (nSPS) is 18.2. The van der Waals surface area contributed by atoms with Gasteiger partial charge in [-0.05, 0) is 66.5 Å². The Bertz CT molecular complexity index is 990. The maximum absolute atomic E-state index is 12.9. The minimum atomic E-state index is 0.0754. The number of likely N-dealkylation sites (N-methyl/N-ethyl adjacent to an activating group) is 2. The molecular weight excluding hydrogens is 386 g/mol. The van der Waals surface area contributed by atoms with Crippen LogP contribution in [-0.2, 0) is 6.42 Å². The molecule has 1 aromatic carbocycles. The Balaban J connectivity index is 1.67. The monoisotopic (exact) mass is 419 g/mol. The van der Waals surface area contributed by atoms with Crippen LogP contribution in [0.3, 0.4) is 0 Å². The molecule has 4 rings (SSSR count). The smallest absolute Gasteiger partial charge is 0.319 e. The lowest BCUT2D eigenvalue weighted by molar-refractivity contribution is 0.0988. The number of allylic oxidation sites excluding steroid dienone is 2. The van der Waals surface area contributed by atoms with E-state index in [1.54, 1.807) is 9.80 Å². The molecule has 2 amide bonds. The van der Waals surface area contributed by atoms with Gasteiger partial charge in [-0.3, -0.25) is 4.79 Å². The number of hydrogen-bond acceptors (Lipinski definition) is 2. The lowest BCUT2D eigenvalue weighted by Gasteiger charge is -2.36. The molecular formula is C26H33N3O2. The van der Waals surface area contributed by atoms with Gasteiger partial charge in [-0.25, -0.2) is 4.79 Å². The molecule has 1 saturated heterocycles. The maximum Gasteiger partial charge on any atom is 0.319 e. The van der Waals surface area contributed by atoms with Crippen molar-refractivity contribution in [3.05, 3.63) is 64.5 Å². The Morgan fingerprint density at radius 3 is 2.58 bits per heavy atom. The lowest BCUT2D eigenvalue weighted by atomic mass is 9.87. The third-order valence-electron chi connectivity index (χ3n) is 6.61. The first-order valence-corrected chi connectivity index (χ1v) is 11.4. The van der Waals surface area contributed by atoms with E-state index in [9.17, 15) is 9.59 Å². The van der Waals surface area contributed by atoms with Crippen molar-refractivity contribution in [1.29, 1.82) is 0 Å². The molecule has 2 heterocycles. The van der Waals surface area contributed by atoms with Crippen molar-refractivity contribution >= 4 is 17.4 Å². The number of aryl methyl sites for hydroxylation is 1. The molecule has 1 aromatic heterocycles. The van der Waals surface area contributed by atoms with Gasteiger partial charge >= 0.3 is 6.03 Å². The van der Waals surface area contributed by atoms with E-state index in [1.165, 1.54) is 36.0 Å². The summed E-state index contributed by atoms with van der Waals surface area (Å²) in [5.41, 5.74) is 6.69. The van der Waals surface area contributed by atoms with Gasteiger partial charge in [0.05, 0.1) is 5.69 Å². The van der Waals surface area contributed by atoms with Crippen LogP contribution in [-0.4, -0.2) is 53.8 Å². The number of Topliss-reactive ketones (excluding diaryl/α,β-unsaturated/α-hetero) is 1. The topological polar surface area (TPSA) is 56.4 Å². The predicted molar refractivity (Wildman–Crippen MR) is 124 cm³/mol. The molecule has 2 aromatic rings. The van der Waals surface area contributed by atoms with E-state index in [0.717, 1.165) is 37.1 Å². The van der Waals surface area contributed by atoms with Crippen LogP contribution in [0.2, 0.25) is 0 Å². The van der Waals surface area contributed by atoms with Crippen molar-refractivity contribution in [2.75, 3.05) is 27.2 Å². The number of H-pyrrole nitrogens is 1. The van der Waals surface area contributed by atoms with E-state index >= 15 is 0 Å². The molecule has 164 valence electrons. The Labute approximate surface area is 185 Å². The summed E-state index contributed by atoms with van der Waals surface area (Å²) in [5, 5.41) is 0. The highest BCUT2D eigenvalue weighted by Gasteiger charge is 2.28. The number of nitrogens with zero attached hydrogens (tertiary/aromatic N) is 2. The fraction of sp³-hybridized carbons (Fsp3) is 0.462. The number of benzene rings is 1. The van der Waals surface area contributed by atoms with Crippen LogP contribution >= 0.6 is 0 Å². The third-order valence-corrected chi connectivity index (χ3v) is 6.61. The lowest BCUT2D eigenvalue weighted by Crippen LogP contribution is -2.48. The van der Waals surface area contributed by atoms with E-state index in [1.807, 2.05) is 33.3 Å². The molecule has 1 aliphatic heterocycles. The van der Waals surface area contributed by atoms with Crippen LogP contribution in [0, 0.1) is 6.92 Å². The second kappa shape index (κ2) is 9.13. The summed E-state index contributed by atoms with van der Waals surface area (Å²) in [4.78, 5) is 31.8. The fourth-order valence-corrected chi connectivity index (χ4v) is 4.87. The molecule has 2 aliphatic rings. The summed E-state index contributed by atoms with van der Waals surface area (Å²) in [6, 6.07) is 8.59. The summed E-state index contributed by atoms with van der Waals surface area (Å²) in [6.45, 7) is 3.44. The highest BCUT2D eigenvalue weighted by atomic mass is 16.2. The van der Waals surface area contributed by atoms with Gasteiger partial charge in [-0.1, -0.05) is 30.7 Å². The molecule has 0 spiro atoms. The average molecular weight is 420 g/mol. The number of carbonyl (C=O) groups is 2. The zero-order valence-electron chi connectivity index (χ0n) is 18.9. The van der Waals surface area contributed by atoms with Gasteiger partial charge in [0.25, 0.3) is 0 Å². The van der Waals surface area contributed by atoms with E-state index in [4.69, 9.17) is 0 Å². The van der Waals surface area contributed by atoms with Gasteiger partial charge in [0.1, 0.15) is 0 Å². The minimum absolute atomic E-state index is 0.0754. The van der Waals surface area contributed by atoms with Crippen LogP contribution in [0.1, 0.15) is 70.8 Å².